The summed E-state index contributed by atoms with van der Waals surface area (Å²) in [7, 11) is -1.30. The smallest absolute Gasteiger partial charge is 0.274 e. The summed E-state index contributed by atoms with van der Waals surface area (Å²) in [6.45, 7) is 2.28. The predicted octanol–water partition coefficient (Wildman–Crippen LogP) is 0.257. The molecule has 0 spiro atoms. The third-order valence-corrected chi connectivity index (χ3v) is 6.71. The van der Waals surface area contributed by atoms with Gasteiger partial charge in [0.15, 0.2) is 5.82 Å². The highest BCUT2D eigenvalue weighted by Gasteiger charge is 2.34. The molecule has 0 atom stereocenters. The quantitative estimate of drug-likeness (QED) is 0.697. The number of carbonyl (C=O) groups is 1. The van der Waals surface area contributed by atoms with E-state index >= 15 is 0 Å². The fraction of sp³-hybridized carbons (Fsp3) is 0.647. The molecule has 0 unspecified atom stereocenters. The zero-order valence-electron chi connectivity index (χ0n) is 16.0. The van der Waals surface area contributed by atoms with Gasteiger partial charge in [-0.15, -0.1) is 0 Å². The monoisotopic (exact) mass is 408 g/mol. The zero-order valence-corrected chi connectivity index (χ0v) is 16.8. The number of aryl methyl sites for hydroxylation is 1. The summed E-state index contributed by atoms with van der Waals surface area (Å²) in [6, 6.07) is 0. The number of sulfonamides is 1. The second-order valence-electron chi connectivity index (χ2n) is 7.69. The second kappa shape index (κ2) is 7.28. The van der Waals surface area contributed by atoms with Gasteiger partial charge in [0.2, 0.25) is 15.9 Å². The Labute approximate surface area is 163 Å². The van der Waals surface area contributed by atoms with Crippen LogP contribution in [0, 0.1) is 5.92 Å². The van der Waals surface area contributed by atoms with Crippen molar-refractivity contribution in [3.63, 3.8) is 0 Å². The van der Waals surface area contributed by atoms with E-state index in [1.54, 1.807) is 22.0 Å². The first kappa shape index (κ1) is 19.1. The number of likely N-dealkylation sites (tertiary alicyclic amines) is 1. The lowest BCUT2D eigenvalue weighted by molar-refractivity contribution is 0.0481. The van der Waals surface area contributed by atoms with E-state index in [1.165, 1.54) is 10.6 Å². The van der Waals surface area contributed by atoms with Crippen LogP contribution in [0.25, 0.3) is 0 Å². The molecule has 4 rings (SSSR count). The first-order chi connectivity index (χ1) is 13.3. The van der Waals surface area contributed by atoms with Crippen molar-refractivity contribution in [2.75, 3.05) is 32.4 Å². The number of hydrogen-bond donors (Lipinski definition) is 0. The molecule has 2 aliphatic heterocycles. The van der Waals surface area contributed by atoms with Gasteiger partial charge in [-0.2, -0.15) is 4.98 Å². The lowest BCUT2D eigenvalue weighted by Gasteiger charge is -2.38. The van der Waals surface area contributed by atoms with Crippen molar-refractivity contribution >= 4 is 15.9 Å². The standard InChI is InChI=1S/C17H24N6O4S/c1-21-10-14(18-11-21)17(24)22-8-12(9-22)7-15-19-16(20-27-15)13-3-5-23(6-4-13)28(2,25)26/h10-13H,3-9H2,1-2H3. The molecule has 0 saturated carbocycles. The average Bonchev–Trinajstić information content (AvgIpc) is 3.26. The maximum Gasteiger partial charge on any atom is 0.274 e. The van der Waals surface area contributed by atoms with Gasteiger partial charge in [-0.1, -0.05) is 5.16 Å². The van der Waals surface area contributed by atoms with E-state index in [1.807, 2.05) is 7.05 Å². The molecule has 0 radical (unpaired) electrons. The zero-order chi connectivity index (χ0) is 19.9. The number of amides is 1. The minimum atomic E-state index is -3.14. The molecule has 152 valence electrons. The molecule has 11 heteroatoms. The van der Waals surface area contributed by atoms with Crippen LogP contribution in [0.2, 0.25) is 0 Å². The Morgan fingerprint density at radius 3 is 2.61 bits per heavy atom. The first-order valence-corrected chi connectivity index (χ1v) is 11.2. The minimum Gasteiger partial charge on any atom is -0.340 e. The summed E-state index contributed by atoms with van der Waals surface area (Å²) in [5.74, 6) is 1.60. The van der Waals surface area contributed by atoms with Crippen LogP contribution in [0.15, 0.2) is 17.0 Å². The van der Waals surface area contributed by atoms with Gasteiger partial charge >= 0.3 is 0 Å². The van der Waals surface area contributed by atoms with Gasteiger partial charge in [-0.25, -0.2) is 17.7 Å². The second-order valence-corrected chi connectivity index (χ2v) is 9.67. The Kier molecular flexibility index (Phi) is 4.96. The molecule has 0 aromatic carbocycles. The summed E-state index contributed by atoms with van der Waals surface area (Å²) in [4.78, 5) is 22.7. The molecule has 0 aliphatic carbocycles. The number of aromatic nitrogens is 4. The van der Waals surface area contributed by atoms with Crippen molar-refractivity contribution < 1.29 is 17.7 Å². The Morgan fingerprint density at radius 2 is 2.00 bits per heavy atom. The van der Waals surface area contributed by atoms with Crippen molar-refractivity contribution in [1.82, 2.24) is 28.9 Å². The maximum atomic E-state index is 12.3. The van der Waals surface area contributed by atoms with Gasteiger partial charge < -0.3 is 14.0 Å². The fourth-order valence-electron chi connectivity index (χ4n) is 3.76. The topological polar surface area (TPSA) is 114 Å². The number of piperidine rings is 1. The summed E-state index contributed by atoms with van der Waals surface area (Å²) in [5.41, 5.74) is 0.460. The van der Waals surface area contributed by atoms with Crippen LogP contribution < -0.4 is 0 Å². The Bertz CT molecular complexity index is 954. The molecule has 1 amide bonds. The highest BCUT2D eigenvalue weighted by atomic mass is 32.2. The van der Waals surface area contributed by atoms with E-state index in [0.29, 0.717) is 68.8 Å². The maximum absolute atomic E-state index is 12.3. The largest absolute Gasteiger partial charge is 0.340 e. The summed E-state index contributed by atoms with van der Waals surface area (Å²) >= 11 is 0. The SMILES string of the molecule is Cn1cnc(C(=O)N2CC(Cc3nc(C4CCN(S(C)(=O)=O)CC4)no3)C2)c1. The molecule has 2 aromatic rings. The lowest BCUT2D eigenvalue weighted by atomic mass is 9.95. The molecule has 4 heterocycles. The number of imidazole rings is 1. The van der Waals surface area contributed by atoms with Crippen LogP contribution in [0.4, 0.5) is 0 Å². The summed E-state index contributed by atoms with van der Waals surface area (Å²) in [6.07, 6.45) is 6.60. The highest BCUT2D eigenvalue weighted by molar-refractivity contribution is 7.88. The van der Waals surface area contributed by atoms with E-state index in [0.717, 1.165) is 0 Å². The number of rotatable bonds is 5. The van der Waals surface area contributed by atoms with Gasteiger partial charge in [0.05, 0.1) is 12.6 Å². The Hall–Kier alpha value is -2.27. The van der Waals surface area contributed by atoms with E-state index < -0.39 is 10.0 Å². The third-order valence-electron chi connectivity index (χ3n) is 5.40. The van der Waals surface area contributed by atoms with Crippen molar-refractivity contribution in [3.8, 4) is 0 Å². The van der Waals surface area contributed by atoms with Crippen molar-refractivity contribution in [2.24, 2.45) is 13.0 Å². The average molecular weight is 408 g/mol. The molecule has 2 aliphatic rings. The minimum absolute atomic E-state index is 0.0549. The van der Waals surface area contributed by atoms with Crippen molar-refractivity contribution in [1.29, 1.82) is 0 Å². The van der Waals surface area contributed by atoms with Crippen LogP contribution in [-0.4, -0.2) is 75.7 Å². The van der Waals surface area contributed by atoms with Crippen LogP contribution in [0.5, 0.6) is 0 Å². The van der Waals surface area contributed by atoms with Gasteiger partial charge in [0, 0.05) is 57.7 Å². The molecule has 0 bridgehead atoms. The molecule has 2 aromatic heterocycles. The van der Waals surface area contributed by atoms with Crippen LogP contribution in [0.3, 0.4) is 0 Å². The van der Waals surface area contributed by atoms with Crippen molar-refractivity contribution in [2.45, 2.75) is 25.2 Å². The highest BCUT2D eigenvalue weighted by Crippen LogP contribution is 2.28. The fourth-order valence-corrected chi connectivity index (χ4v) is 4.63. The molecular formula is C17H24N6O4S. The Morgan fingerprint density at radius 1 is 1.29 bits per heavy atom. The summed E-state index contributed by atoms with van der Waals surface area (Å²) in [5, 5.41) is 4.10. The van der Waals surface area contributed by atoms with E-state index in [9.17, 15) is 13.2 Å². The molecule has 2 fully saturated rings. The number of carbonyl (C=O) groups excluding carboxylic acids is 1. The molecule has 10 nitrogen and oxygen atoms in total. The lowest BCUT2D eigenvalue weighted by Crippen LogP contribution is -2.50. The number of hydrogen-bond acceptors (Lipinski definition) is 7. The van der Waals surface area contributed by atoms with Crippen LogP contribution >= 0.6 is 0 Å². The molecular weight excluding hydrogens is 384 g/mol. The van der Waals surface area contributed by atoms with Gasteiger partial charge in [0.25, 0.3) is 5.91 Å². The van der Waals surface area contributed by atoms with E-state index in [2.05, 4.69) is 15.1 Å². The van der Waals surface area contributed by atoms with Gasteiger partial charge in [-0.05, 0) is 12.8 Å². The van der Waals surface area contributed by atoms with Gasteiger partial charge in [0.1, 0.15) is 5.69 Å². The Balaban J connectivity index is 1.27. The first-order valence-electron chi connectivity index (χ1n) is 9.34. The van der Waals surface area contributed by atoms with Crippen LogP contribution in [0.1, 0.15) is 41.0 Å². The van der Waals surface area contributed by atoms with Gasteiger partial charge in [-0.3, -0.25) is 4.79 Å². The third kappa shape index (κ3) is 3.95. The summed E-state index contributed by atoms with van der Waals surface area (Å²) < 4.78 is 31.8. The number of nitrogens with zero attached hydrogens (tertiary/aromatic N) is 6. The normalized spacial score (nSPS) is 19.7. The predicted molar refractivity (Wildman–Crippen MR) is 99.0 cm³/mol. The molecule has 0 N–H and O–H groups in total. The molecule has 28 heavy (non-hydrogen) atoms. The van der Waals surface area contributed by atoms with E-state index in [4.69, 9.17) is 4.52 Å². The van der Waals surface area contributed by atoms with Crippen molar-refractivity contribution in [3.05, 3.63) is 29.9 Å². The van der Waals surface area contributed by atoms with E-state index in [-0.39, 0.29) is 11.8 Å². The molecule has 2 saturated heterocycles. The van der Waals surface area contributed by atoms with Crippen LogP contribution in [-0.2, 0) is 23.5 Å².